The molecule has 1 aromatic heterocycles. The predicted molar refractivity (Wildman–Crippen MR) is 121 cm³/mol. The molecule has 1 atom stereocenters. The van der Waals surface area contributed by atoms with Gasteiger partial charge in [0.1, 0.15) is 11.0 Å². The van der Waals surface area contributed by atoms with E-state index in [9.17, 15) is 13.2 Å². The Balaban J connectivity index is 1.82. The van der Waals surface area contributed by atoms with Crippen LogP contribution < -0.4 is 9.62 Å². The average Bonchev–Trinajstić information content (AvgIpc) is 3.12. The standard InChI is InChI=1S/C21H24N4O3S2/c1-13-6-9-17(10-7-13)20-23-24-21(29-20)22-19(26)16(4)25(30(5,27)28)18-11-8-14(2)15(3)12-18/h6-12,16H,1-5H3,(H,22,24,26)/t16-/m0/s1. The molecule has 1 N–H and O–H groups in total. The first-order chi connectivity index (χ1) is 14.1. The Morgan fingerprint density at radius 3 is 2.30 bits per heavy atom. The van der Waals surface area contributed by atoms with E-state index in [2.05, 4.69) is 15.5 Å². The Labute approximate surface area is 180 Å². The topological polar surface area (TPSA) is 92.3 Å². The van der Waals surface area contributed by atoms with Crippen molar-refractivity contribution in [3.05, 3.63) is 59.2 Å². The van der Waals surface area contributed by atoms with Crippen molar-refractivity contribution < 1.29 is 13.2 Å². The van der Waals surface area contributed by atoms with Crippen LogP contribution in [0.25, 0.3) is 10.6 Å². The fourth-order valence-electron chi connectivity index (χ4n) is 2.97. The van der Waals surface area contributed by atoms with E-state index in [1.807, 2.05) is 51.1 Å². The zero-order valence-corrected chi connectivity index (χ0v) is 19.1. The summed E-state index contributed by atoms with van der Waals surface area (Å²) in [6.07, 6.45) is 1.09. The molecule has 0 fully saturated rings. The summed E-state index contributed by atoms with van der Waals surface area (Å²) in [5, 5.41) is 11.8. The zero-order valence-electron chi connectivity index (χ0n) is 17.5. The number of carbonyl (C=O) groups excluding carboxylic acids is 1. The minimum Gasteiger partial charge on any atom is -0.299 e. The summed E-state index contributed by atoms with van der Waals surface area (Å²) in [7, 11) is -3.69. The van der Waals surface area contributed by atoms with Crippen molar-refractivity contribution in [2.24, 2.45) is 0 Å². The summed E-state index contributed by atoms with van der Waals surface area (Å²) in [6, 6.07) is 12.2. The fourth-order valence-corrected chi connectivity index (χ4v) is 4.89. The van der Waals surface area contributed by atoms with Crippen molar-refractivity contribution in [2.75, 3.05) is 15.9 Å². The number of carbonyl (C=O) groups is 1. The van der Waals surface area contributed by atoms with Crippen LogP contribution in [-0.2, 0) is 14.8 Å². The van der Waals surface area contributed by atoms with E-state index >= 15 is 0 Å². The number of amides is 1. The largest absolute Gasteiger partial charge is 0.299 e. The van der Waals surface area contributed by atoms with E-state index in [-0.39, 0.29) is 0 Å². The normalized spacial score (nSPS) is 12.4. The molecule has 0 aliphatic rings. The molecule has 0 aliphatic carbocycles. The monoisotopic (exact) mass is 444 g/mol. The quantitative estimate of drug-likeness (QED) is 0.622. The van der Waals surface area contributed by atoms with E-state index in [0.29, 0.717) is 15.8 Å². The third kappa shape index (κ3) is 4.85. The molecule has 158 valence electrons. The van der Waals surface area contributed by atoms with Crippen molar-refractivity contribution in [1.82, 2.24) is 10.2 Å². The van der Waals surface area contributed by atoms with Gasteiger partial charge in [-0.1, -0.05) is 47.2 Å². The zero-order chi connectivity index (χ0) is 22.1. The van der Waals surface area contributed by atoms with Crippen LogP contribution in [0.5, 0.6) is 0 Å². The second kappa shape index (κ2) is 8.53. The summed E-state index contributed by atoms with van der Waals surface area (Å²) in [5.74, 6) is -0.481. The van der Waals surface area contributed by atoms with Crippen LogP contribution in [0.3, 0.4) is 0 Å². The third-order valence-corrected chi connectivity index (χ3v) is 6.92. The third-order valence-electron chi connectivity index (χ3n) is 4.79. The first kappa shape index (κ1) is 21.9. The number of rotatable bonds is 6. The SMILES string of the molecule is Cc1ccc(-c2nnc(NC(=O)[C@H](C)N(c3ccc(C)c(C)c3)S(C)(=O)=O)s2)cc1. The van der Waals surface area contributed by atoms with E-state index in [0.717, 1.165) is 32.8 Å². The van der Waals surface area contributed by atoms with E-state index in [1.54, 1.807) is 19.1 Å². The van der Waals surface area contributed by atoms with Crippen LogP contribution >= 0.6 is 11.3 Å². The molecule has 1 heterocycles. The molecule has 3 aromatic rings. The highest BCUT2D eigenvalue weighted by Gasteiger charge is 2.30. The molecule has 0 saturated heterocycles. The van der Waals surface area contributed by atoms with E-state index in [4.69, 9.17) is 0 Å². The van der Waals surface area contributed by atoms with E-state index in [1.165, 1.54) is 11.3 Å². The number of benzene rings is 2. The van der Waals surface area contributed by atoms with Gasteiger partial charge in [-0.2, -0.15) is 0 Å². The number of hydrogen-bond acceptors (Lipinski definition) is 6. The minimum absolute atomic E-state index is 0.316. The van der Waals surface area contributed by atoms with Gasteiger partial charge in [-0.3, -0.25) is 14.4 Å². The molecule has 2 aromatic carbocycles. The number of nitrogens with one attached hydrogen (secondary N) is 1. The van der Waals surface area contributed by atoms with Gasteiger partial charge in [-0.15, -0.1) is 10.2 Å². The highest BCUT2D eigenvalue weighted by molar-refractivity contribution is 7.92. The second-order valence-corrected chi connectivity index (χ2v) is 10.1. The Morgan fingerprint density at radius 1 is 1.03 bits per heavy atom. The van der Waals surface area contributed by atoms with Gasteiger partial charge < -0.3 is 0 Å². The van der Waals surface area contributed by atoms with Gasteiger partial charge in [0.2, 0.25) is 21.1 Å². The highest BCUT2D eigenvalue weighted by atomic mass is 32.2. The molecular weight excluding hydrogens is 420 g/mol. The fraction of sp³-hybridized carbons (Fsp3) is 0.286. The number of aromatic nitrogens is 2. The number of aryl methyl sites for hydroxylation is 3. The Hall–Kier alpha value is -2.78. The number of hydrogen-bond donors (Lipinski definition) is 1. The highest BCUT2D eigenvalue weighted by Crippen LogP contribution is 2.28. The minimum atomic E-state index is -3.69. The Morgan fingerprint density at radius 2 is 1.70 bits per heavy atom. The molecule has 7 nitrogen and oxygen atoms in total. The summed E-state index contributed by atoms with van der Waals surface area (Å²) >= 11 is 1.23. The van der Waals surface area contributed by atoms with Gasteiger partial charge in [0.15, 0.2) is 0 Å². The van der Waals surface area contributed by atoms with Gasteiger partial charge in [0, 0.05) is 5.56 Å². The van der Waals surface area contributed by atoms with Crippen LogP contribution in [0.1, 0.15) is 23.6 Å². The summed E-state index contributed by atoms with van der Waals surface area (Å²) in [5.41, 5.74) is 4.47. The molecule has 0 aliphatic heterocycles. The molecule has 9 heteroatoms. The molecule has 3 rings (SSSR count). The molecule has 0 radical (unpaired) electrons. The Kier molecular flexibility index (Phi) is 6.23. The molecule has 0 spiro atoms. The summed E-state index contributed by atoms with van der Waals surface area (Å²) < 4.78 is 26.0. The van der Waals surface area contributed by atoms with Gasteiger partial charge in [0.05, 0.1) is 11.9 Å². The van der Waals surface area contributed by atoms with Crippen LogP contribution in [0, 0.1) is 20.8 Å². The van der Waals surface area contributed by atoms with Gasteiger partial charge >= 0.3 is 0 Å². The van der Waals surface area contributed by atoms with Crippen molar-refractivity contribution >= 4 is 38.1 Å². The first-order valence-electron chi connectivity index (χ1n) is 9.34. The lowest BCUT2D eigenvalue weighted by Crippen LogP contribution is -2.45. The van der Waals surface area contributed by atoms with Gasteiger partial charge in [-0.25, -0.2) is 8.42 Å². The van der Waals surface area contributed by atoms with Gasteiger partial charge in [-0.05, 0) is 51.0 Å². The van der Waals surface area contributed by atoms with Crippen LogP contribution in [0.15, 0.2) is 42.5 Å². The van der Waals surface area contributed by atoms with Crippen molar-refractivity contribution in [2.45, 2.75) is 33.7 Å². The molecule has 0 saturated carbocycles. The maximum atomic E-state index is 12.8. The maximum Gasteiger partial charge on any atom is 0.249 e. The second-order valence-electron chi connectivity index (χ2n) is 7.27. The van der Waals surface area contributed by atoms with Crippen LogP contribution in [0.2, 0.25) is 0 Å². The molecule has 1 amide bonds. The lowest BCUT2D eigenvalue weighted by molar-refractivity contribution is -0.116. The van der Waals surface area contributed by atoms with Crippen molar-refractivity contribution in [3.63, 3.8) is 0 Å². The maximum absolute atomic E-state index is 12.8. The number of sulfonamides is 1. The molecular formula is C21H24N4O3S2. The number of anilines is 2. The molecule has 30 heavy (non-hydrogen) atoms. The smallest absolute Gasteiger partial charge is 0.249 e. The lowest BCUT2D eigenvalue weighted by Gasteiger charge is -2.28. The Bertz CT molecular complexity index is 1170. The van der Waals surface area contributed by atoms with Crippen LogP contribution in [-0.4, -0.2) is 36.8 Å². The van der Waals surface area contributed by atoms with Crippen LogP contribution in [0.4, 0.5) is 10.8 Å². The first-order valence-corrected chi connectivity index (χ1v) is 12.0. The van der Waals surface area contributed by atoms with Crippen molar-refractivity contribution in [3.8, 4) is 10.6 Å². The lowest BCUT2D eigenvalue weighted by atomic mass is 10.1. The number of nitrogens with zero attached hydrogens (tertiary/aromatic N) is 3. The molecule has 0 unspecified atom stereocenters. The average molecular weight is 445 g/mol. The predicted octanol–water partition coefficient (Wildman–Crippen LogP) is 3.92. The van der Waals surface area contributed by atoms with E-state index < -0.39 is 22.0 Å². The van der Waals surface area contributed by atoms with Gasteiger partial charge in [0.25, 0.3) is 0 Å². The molecule has 0 bridgehead atoms. The van der Waals surface area contributed by atoms with Crippen molar-refractivity contribution in [1.29, 1.82) is 0 Å². The summed E-state index contributed by atoms with van der Waals surface area (Å²) in [6.45, 7) is 7.40. The summed E-state index contributed by atoms with van der Waals surface area (Å²) in [4.78, 5) is 12.8.